The highest BCUT2D eigenvalue weighted by Crippen LogP contribution is 2.29. The number of nitrogens with one attached hydrogen (secondary N) is 1. The van der Waals surface area contributed by atoms with Crippen LogP contribution in [0.4, 0.5) is 5.69 Å². The number of aliphatic hydroxyl groups is 1. The molecule has 1 aliphatic heterocycles. The zero-order chi connectivity index (χ0) is 17.8. The van der Waals surface area contributed by atoms with Gasteiger partial charge in [-0.1, -0.05) is 30.5 Å². The van der Waals surface area contributed by atoms with Crippen LogP contribution < -0.4 is 10.2 Å². The number of carbonyl (C=O) groups is 1. The topological polar surface area (TPSA) is 52.6 Å². The van der Waals surface area contributed by atoms with Gasteiger partial charge in [0.25, 0.3) is 0 Å². The maximum atomic E-state index is 12.2. The number of anilines is 1. The van der Waals surface area contributed by atoms with Gasteiger partial charge in [-0.25, -0.2) is 0 Å². The molecule has 2 N–H and O–H groups in total. The van der Waals surface area contributed by atoms with Crippen molar-refractivity contribution in [1.82, 2.24) is 5.32 Å². The molecule has 3 atom stereocenters. The second kappa shape index (κ2) is 8.41. The molecule has 1 unspecified atom stereocenters. The molecular weight excluding hydrogens is 336 g/mol. The van der Waals surface area contributed by atoms with Crippen molar-refractivity contribution < 1.29 is 9.90 Å². The van der Waals surface area contributed by atoms with Crippen molar-refractivity contribution in [3.8, 4) is 0 Å². The summed E-state index contributed by atoms with van der Waals surface area (Å²) in [5.74, 6) is 0.699. The number of nitrogens with zero attached hydrogens (tertiary/aromatic N) is 1. The summed E-state index contributed by atoms with van der Waals surface area (Å²) >= 11 is 6.13. The van der Waals surface area contributed by atoms with Crippen molar-refractivity contribution >= 4 is 23.2 Å². The summed E-state index contributed by atoms with van der Waals surface area (Å²) in [6.07, 6.45) is 5.27. The van der Waals surface area contributed by atoms with Crippen LogP contribution in [0.1, 0.15) is 44.1 Å². The number of aliphatic hydroxyl groups excluding tert-OH is 1. The van der Waals surface area contributed by atoms with Crippen molar-refractivity contribution in [3.63, 3.8) is 0 Å². The molecule has 1 amide bonds. The molecule has 25 heavy (non-hydrogen) atoms. The Balaban J connectivity index is 1.45. The molecule has 0 spiro atoms. The lowest BCUT2D eigenvalue weighted by molar-refractivity contribution is -0.123. The Morgan fingerprint density at radius 1 is 1.32 bits per heavy atom. The fraction of sp³-hybridized carbons (Fsp3) is 0.650. The average molecular weight is 365 g/mol. The van der Waals surface area contributed by atoms with E-state index in [4.69, 9.17) is 11.6 Å². The highest BCUT2D eigenvalue weighted by atomic mass is 35.5. The molecule has 2 fully saturated rings. The molecule has 3 rings (SSSR count). The Morgan fingerprint density at radius 3 is 2.92 bits per heavy atom. The number of hydrogen-bond donors (Lipinski definition) is 2. The normalized spacial score (nSPS) is 26.7. The van der Waals surface area contributed by atoms with Gasteiger partial charge < -0.3 is 15.3 Å². The third-order valence-corrected chi connectivity index (χ3v) is 5.94. The number of carbonyl (C=O) groups excluding carboxylic acids is 1. The summed E-state index contributed by atoms with van der Waals surface area (Å²) in [5, 5.41) is 13.9. The van der Waals surface area contributed by atoms with Gasteiger partial charge in [0.05, 0.1) is 6.10 Å². The molecule has 1 aromatic rings. The minimum absolute atomic E-state index is 0.0864. The lowest BCUT2D eigenvalue weighted by atomic mass is 9.84. The van der Waals surface area contributed by atoms with Crippen LogP contribution in [-0.4, -0.2) is 36.8 Å². The first kappa shape index (κ1) is 18.5. The van der Waals surface area contributed by atoms with E-state index in [0.29, 0.717) is 12.3 Å². The first-order chi connectivity index (χ1) is 12.0. The van der Waals surface area contributed by atoms with Gasteiger partial charge in [-0.3, -0.25) is 4.79 Å². The zero-order valence-electron chi connectivity index (χ0n) is 15.0. The summed E-state index contributed by atoms with van der Waals surface area (Å²) in [6.45, 7) is 4.78. The standard InChI is InChI=1S/C20H29ClN2O2/c1-14-6-7-17(21)11-18(14)23-9-8-15(13-23)12-22-20(25)10-16-4-2-3-5-19(16)24/h6-7,11,15-16,19,24H,2-5,8-10,12-13H2,1H3,(H,22,25)/t15?,16-,19+/m0/s1. The van der Waals surface area contributed by atoms with Crippen molar-refractivity contribution in [1.29, 1.82) is 0 Å². The quantitative estimate of drug-likeness (QED) is 0.840. The average Bonchev–Trinajstić information content (AvgIpc) is 3.06. The van der Waals surface area contributed by atoms with Gasteiger partial charge in [-0.2, -0.15) is 0 Å². The SMILES string of the molecule is Cc1ccc(Cl)cc1N1CCC(CNC(=O)C[C@@H]2CCCC[C@H]2O)C1. The molecular formula is C20H29ClN2O2. The summed E-state index contributed by atoms with van der Waals surface area (Å²) in [6, 6.07) is 6.01. The lowest BCUT2D eigenvalue weighted by Crippen LogP contribution is -2.35. The molecule has 1 saturated carbocycles. The van der Waals surface area contributed by atoms with Crippen LogP contribution in [0.15, 0.2) is 18.2 Å². The van der Waals surface area contributed by atoms with Crippen LogP contribution in [0, 0.1) is 18.8 Å². The third-order valence-electron chi connectivity index (χ3n) is 5.70. The van der Waals surface area contributed by atoms with E-state index in [9.17, 15) is 9.90 Å². The largest absolute Gasteiger partial charge is 0.393 e. The monoisotopic (exact) mass is 364 g/mol. The maximum Gasteiger partial charge on any atom is 0.220 e. The highest BCUT2D eigenvalue weighted by molar-refractivity contribution is 6.30. The Hall–Kier alpha value is -1.26. The van der Waals surface area contributed by atoms with Crippen molar-refractivity contribution in [2.24, 2.45) is 11.8 Å². The second-order valence-electron chi connectivity index (χ2n) is 7.65. The predicted molar refractivity (Wildman–Crippen MR) is 102 cm³/mol. The number of halogens is 1. The van der Waals surface area contributed by atoms with Crippen molar-refractivity contribution in [2.45, 2.75) is 51.6 Å². The Kier molecular flexibility index (Phi) is 6.24. The minimum atomic E-state index is -0.299. The summed E-state index contributed by atoms with van der Waals surface area (Å²) < 4.78 is 0. The lowest BCUT2D eigenvalue weighted by Gasteiger charge is -2.27. The molecule has 5 heteroatoms. The molecule has 138 valence electrons. The van der Waals surface area contributed by atoms with Crippen LogP contribution in [-0.2, 0) is 4.79 Å². The van der Waals surface area contributed by atoms with E-state index < -0.39 is 0 Å². The Bertz CT molecular complexity index is 607. The van der Waals surface area contributed by atoms with Gasteiger partial charge in [0.1, 0.15) is 0 Å². The first-order valence-electron chi connectivity index (χ1n) is 9.49. The molecule has 0 aromatic heterocycles. The predicted octanol–water partition coefficient (Wildman–Crippen LogP) is 3.53. The van der Waals surface area contributed by atoms with Crippen LogP contribution in [0.5, 0.6) is 0 Å². The van der Waals surface area contributed by atoms with Gasteiger partial charge in [-0.05, 0) is 55.7 Å². The van der Waals surface area contributed by atoms with Gasteiger partial charge >= 0.3 is 0 Å². The molecule has 0 radical (unpaired) electrons. The number of amides is 1. The van der Waals surface area contributed by atoms with E-state index in [-0.39, 0.29) is 17.9 Å². The molecule has 0 bridgehead atoms. The number of rotatable bonds is 5. The molecule has 4 nitrogen and oxygen atoms in total. The Morgan fingerprint density at radius 2 is 2.12 bits per heavy atom. The van der Waals surface area contributed by atoms with Crippen molar-refractivity contribution in [3.05, 3.63) is 28.8 Å². The van der Waals surface area contributed by atoms with E-state index in [1.807, 2.05) is 12.1 Å². The second-order valence-corrected chi connectivity index (χ2v) is 8.09. The van der Waals surface area contributed by atoms with Gasteiger partial charge in [0, 0.05) is 36.8 Å². The summed E-state index contributed by atoms with van der Waals surface area (Å²) in [7, 11) is 0. The van der Waals surface area contributed by atoms with Crippen LogP contribution >= 0.6 is 11.6 Å². The van der Waals surface area contributed by atoms with E-state index in [0.717, 1.165) is 56.8 Å². The van der Waals surface area contributed by atoms with Gasteiger partial charge in [0.15, 0.2) is 0 Å². The van der Waals surface area contributed by atoms with E-state index in [2.05, 4.69) is 23.2 Å². The zero-order valence-corrected chi connectivity index (χ0v) is 15.8. The third kappa shape index (κ3) is 4.89. The molecule has 1 aromatic carbocycles. The maximum absolute atomic E-state index is 12.2. The van der Waals surface area contributed by atoms with E-state index in [1.54, 1.807) is 0 Å². The van der Waals surface area contributed by atoms with Gasteiger partial charge in [0.2, 0.25) is 5.91 Å². The van der Waals surface area contributed by atoms with E-state index >= 15 is 0 Å². The number of benzene rings is 1. The van der Waals surface area contributed by atoms with Crippen molar-refractivity contribution in [2.75, 3.05) is 24.5 Å². The first-order valence-corrected chi connectivity index (χ1v) is 9.86. The smallest absolute Gasteiger partial charge is 0.220 e. The molecule has 1 aliphatic carbocycles. The summed E-state index contributed by atoms with van der Waals surface area (Å²) in [5.41, 5.74) is 2.44. The summed E-state index contributed by atoms with van der Waals surface area (Å²) in [4.78, 5) is 14.6. The van der Waals surface area contributed by atoms with Crippen LogP contribution in [0.25, 0.3) is 0 Å². The van der Waals surface area contributed by atoms with Crippen LogP contribution in [0.2, 0.25) is 5.02 Å². The molecule has 1 saturated heterocycles. The number of hydrogen-bond acceptors (Lipinski definition) is 3. The van der Waals surface area contributed by atoms with E-state index in [1.165, 1.54) is 11.3 Å². The van der Waals surface area contributed by atoms with Crippen LogP contribution in [0.3, 0.4) is 0 Å². The Labute approximate surface area is 155 Å². The molecule has 1 heterocycles. The highest BCUT2D eigenvalue weighted by Gasteiger charge is 2.27. The molecule has 2 aliphatic rings. The minimum Gasteiger partial charge on any atom is -0.393 e. The van der Waals surface area contributed by atoms with Gasteiger partial charge in [-0.15, -0.1) is 0 Å². The fourth-order valence-electron chi connectivity index (χ4n) is 4.14. The number of aryl methyl sites for hydroxylation is 1. The fourth-order valence-corrected chi connectivity index (χ4v) is 4.30.